The Labute approximate surface area is 101 Å². The Morgan fingerprint density at radius 2 is 2.38 bits per heavy atom. The summed E-state index contributed by atoms with van der Waals surface area (Å²) in [7, 11) is 0. The second kappa shape index (κ2) is 4.77. The Balaban J connectivity index is 2.02. The predicted molar refractivity (Wildman–Crippen MR) is 62.6 cm³/mol. The van der Waals surface area contributed by atoms with Crippen molar-refractivity contribution >= 4 is 21.7 Å². The molecule has 0 bridgehead atoms. The van der Waals surface area contributed by atoms with Crippen molar-refractivity contribution in [2.24, 2.45) is 0 Å². The first-order valence-electron chi connectivity index (χ1n) is 4.57. The van der Waals surface area contributed by atoms with Gasteiger partial charge < -0.3 is 10.3 Å². The maximum Gasteiger partial charge on any atom is 0.161 e. The molecule has 2 rings (SSSR count). The molecular weight excluding hydrogens is 270 g/mol. The second-order valence-corrected chi connectivity index (χ2v) is 4.01. The van der Waals surface area contributed by atoms with Gasteiger partial charge in [0.15, 0.2) is 5.69 Å². The molecule has 2 N–H and O–H groups in total. The predicted octanol–water partition coefficient (Wildman–Crippen LogP) is 2.05. The molecule has 0 amide bonds. The average Bonchev–Trinajstić information content (AvgIpc) is 2.73. The van der Waals surface area contributed by atoms with E-state index in [0.29, 0.717) is 18.1 Å². The topological polar surface area (TPSA) is 77.4 Å². The van der Waals surface area contributed by atoms with Gasteiger partial charge in [-0.15, -0.1) is 0 Å². The van der Waals surface area contributed by atoms with Crippen molar-refractivity contribution in [2.75, 3.05) is 5.32 Å². The highest BCUT2D eigenvalue weighted by Crippen LogP contribution is 2.11. The molecule has 0 aliphatic rings. The summed E-state index contributed by atoms with van der Waals surface area (Å²) in [5.74, 6) is 0.588. The molecule has 5 nitrogen and oxygen atoms in total. The summed E-state index contributed by atoms with van der Waals surface area (Å²) in [4.78, 5) is 11.0. The van der Waals surface area contributed by atoms with Gasteiger partial charge in [0.25, 0.3) is 0 Å². The molecule has 2 heterocycles. The van der Waals surface area contributed by atoms with E-state index in [1.54, 1.807) is 6.20 Å². The second-order valence-electron chi connectivity index (χ2n) is 3.10. The zero-order chi connectivity index (χ0) is 11.4. The van der Waals surface area contributed by atoms with Crippen LogP contribution in [-0.4, -0.2) is 15.0 Å². The Hall–Kier alpha value is -1.87. The van der Waals surface area contributed by atoms with Gasteiger partial charge in [-0.1, -0.05) is 0 Å². The fraction of sp³-hybridized carbons (Fsp3) is 0.100. The van der Waals surface area contributed by atoms with Gasteiger partial charge in [-0.3, -0.25) is 4.98 Å². The molecule has 0 radical (unpaired) electrons. The third-order valence-corrected chi connectivity index (χ3v) is 2.37. The molecule has 0 saturated heterocycles. The SMILES string of the molecule is N#Cc1cncc(NCc2cc(Br)c[nH]2)n1. The number of rotatable bonds is 3. The number of aromatic amines is 1. The van der Waals surface area contributed by atoms with E-state index >= 15 is 0 Å². The summed E-state index contributed by atoms with van der Waals surface area (Å²) >= 11 is 3.35. The lowest BCUT2D eigenvalue weighted by Crippen LogP contribution is -2.02. The summed E-state index contributed by atoms with van der Waals surface area (Å²) < 4.78 is 1.00. The number of aromatic nitrogens is 3. The number of hydrogen-bond acceptors (Lipinski definition) is 4. The largest absolute Gasteiger partial charge is 0.363 e. The van der Waals surface area contributed by atoms with Crippen molar-refractivity contribution in [3.05, 3.63) is 40.5 Å². The molecule has 80 valence electrons. The lowest BCUT2D eigenvalue weighted by molar-refractivity contribution is 1.03. The summed E-state index contributed by atoms with van der Waals surface area (Å²) in [5, 5.41) is 11.7. The molecule has 0 spiro atoms. The van der Waals surface area contributed by atoms with Crippen LogP contribution in [0.1, 0.15) is 11.4 Å². The van der Waals surface area contributed by atoms with E-state index in [0.717, 1.165) is 10.2 Å². The summed E-state index contributed by atoms with van der Waals surface area (Å²) in [6.07, 6.45) is 4.86. The normalized spacial score (nSPS) is 9.75. The van der Waals surface area contributed by atoms with Crippen molar-refractivity contribution in [1.29, 1.82) is 5.26 Å². The van der Waals surface area contributed by atoms with Crippen LogP contribution in [0.2, 0.25) is 0 Å². The summed E-state index contributed by atoms with van der Waals surface area (Å²) in [6, 6.07) is 3.91. The average molecular weight is 278 g/mol. The lowest BCUT2D eigenvalue weighted by Gasteiger charge is -2.02. The van der Waals surface area contributed by atoms with Gasteiger partial charge in [0.05, 0.1) is 18.9 Å². The number of nitrogens with one attached hydrogen (secondary N) is 2. The Morgan fingerprint density at radius 3 is 3.06 bits per heavy atom. The van der Waals surface area contributed by atoms with Crippen LogP contribution < -0.4 is 5.32 Å². The van der Waals surface area contributed by atoms with Crippen LogP contribution in [0.4, 0.5) is 5.82 Å². The molecule has 0 aromatic carbocycles. The van der Waals surface area contributed by atoms with Gasteiger partial charge in [0.2, 0.25) is 0 Å². The first-order valence-corrected chi connectivity index (χ1v) is 5.36. The van der Waals surface area contributed by atoms with Gasteiger partial charge in [0.1, 0.15) is 11.9 Å². The molecule has 0 fully saturated rings. The van der Waals surface area contributed by atoms with E-state index in [1.807, 2.05) is 18.3 Å². The number of anilines is 1. The number of nitrogens with zero attached hydrogens (tertiary/aromatic N) is 3. The molecular formula is C10H8BrN5. The van der Waals surface area contributed by atoms with Crippen LogP contribution in [-0.2, 0) is 6.54 Å². The van der Waals surface area contributed by atoms with E-state index < -0.39 is 0 Å². The van der Waals surface area contributed by atoms with Gasteiger partial charge in [-0.05, 0) is 22.0 Å². The van der Waals surface area contributed by atoms with Crippen LogP contribution in [0.25, 0.3) is 0 Å². The Kier molecular flexibility index (Phi) is 3.17. The van der Waals surface area contributed by atoms with E-state index in [4.69, 9.17) is 5.26 Å². The fourth-order valence-corrected chi connectivity index (χ4v) is 1.60. The molecule has 0 unspecified atom stereocenters. The lowest BCUT2D eigenvalue weighted by atomic mass is 10.4. The fourth-order valence-electron chi connectivity index (χ4n) is 1.20. The maximum absolute atomic E-state index is 8.66. The third kappa shape index (κ3) is 2.58. The number of halogens is 1. The van der Waals surface area contributed by atoms with Crippen molar-refractivity contribution in [3.63, 3.8) is 0 Å². The number of hydrogen-bond donors (Lipinski definition) is 2. The molecule has 16 heavy (non-hydrogen) atoms. The quantitative estimate of drug-likeness (QED) is 0.900. The van der Waals surface area contributed by atoms with Gasteiger partial charge >= 0.3 is 0 Å². The Morgan fingerprint density at radius 1 is 1.50 bits per heavy atom. The van der Waals surface area contributed by atoms with Gasteiger partial charge in [-0.2, -0.15) is 5.26 Å². The van der Waals surface area contributed by atoms with Crippen molar-refractivity contribution < 1.29 is 0 Å². The van der Waals surface area contributed by atoms with E-state index in [-0.39, 0.29) is 0 Å². The van der Waals surface area contributed by atoms with Gasteiger partial charge in [-0.25, -0.2) is 4.98 Å². The molecule has 2 aromatic heterocycles. The van der Waals surface area contributed by atoms with Crippen LogP contribution in [0, 0.1) is 11.3 Å². The third-order valence-electron chi connectivity index (χ3n) is 1.92. The van der Waals surface area contributed by atoms with Crippen molar-refractivity contribution in [2.45, 2.75) is 6.54 Å². The number of nitriles is 1. The first-order chi connectivity index (χ1) is 7.78. The first kappa shape index (κ1) is 10.6. The van der Waals surface area contributed by atoms with E-state index in [9.17, 15) is 0 Å². The zero-order valence-electron chi connectivity index (χ0n) is 8.24. The molecule has 2 aromatic rings. The minimum atomic E-state index is 0.303. The zero-order valence-corrected chi connectivity index (χ0v) is 9.82. The van der Waals surface area contributed by atoms with Crippen LogP contribution in [0.3, 0.4) is 0 Å². The van der Waals surface area contributed by atoms with Crippen LogP contribution >= 0.6 is 15.9 Å². The summed E-state index contributed by atoms with van der Waals surface area (Å²) in [6.45, 7) is 0.606. The summed E-state index contributed by atoms with van der Waals surface area (Å²) in [5.41, 5.74) is 1.33. The Bertz CT molecular complexity index is 528. The highest BCUT2D eigenvalue weighted by molar-refractivity contribution is 9.10. The molecule has 0 aliphatic carbocycles. The smallest absolute Gasteiger partial charge is 0.161 e. The van der Waals surface area contributed by atoms with Crippen LogP contribution in [0.5, 0.6) is 0 Å². The number of H-pyrrole nitrogens is 1. The molecule has 6 heteroatoms. The van der Waals surface area contributed by atoms with E-state index in [2.05, 4.69) is 36.2 Å². The highest BCUT2D eigenvalue weighted by Gasteiger charge is 1.99. The van der Waals surface area contributed by atoms with Crippen molar-refractivity contribution in [1.82, 2.24) is 15.0 Å². The monoisotopic (exact) mass is 277 g/mol. The minimum Gasteiger partial charge on any atom is -0.363 e. The molecule has 0 atom stereocenters. The van der Waals surface area contributed by atoms with Crippen molar-refractivity contribution in [3.8, 4) is 6.07 Å². The standard InChI is InChI=1S/C10H8BrN5/c11-7-1-8(14-3-7)5-15-10-6-13-4-9(2-12)16-10/h1,3-4,6,14H,5H2,(H,15,16). The molecule has 0 saturated carbocycles. The maximum atomic E-state index is 8.66. The highest BCUT2D eigenvalue weighted by atomic mass is 79.9. The van der Waals surface area contributed by atoms with E-state index in [1.165, 1.54) is 6.20 Å². The minimum absolute atomic E-state index is 0.303. The van der Waals surface area contributed by atoms with Crippen LogP contribution in [0.15, 0.2) is 29.1 Å². The van der Waals surface area contributed by atoms with Gasteiger partial charge in [0, 0.05) is 16.4 Å². The molecule has 0 aliphatic heterocycles.